The summed E-state index contributed by atoms with van der Waals surface area (Å²) in [5.74, 6) is 6.01. The molecule has 44 heavy (non-hydrogen) atoms. The van der Waals surface area contributed by atoms with E-state index in [0.29, 0.717) is 44.6 Å². The smallest absolute Gasteiger partial charge is 0.251 e. The molecule has 12 nitrogen and oxygen atoms in total. The second kappa shape index (κ2) is 24.0. The van der Waals surface area contributed by atoms with E-state index in [1.165, 1.54) is 10.8 Å². The molecule has 1 saturated heterocycles. The molecule has 2 rings (SSSR count). The van der Waals surface area contributed by atoms with Gasteiger partial charge in [-0.1, -0.05) is 55.2 Å². The van der Waals surface area contributed by atoms with Gasteiger partial charge < -0.3 is 50.9 Å². The van der Waals surface area contributed by atoms with Crippen molar-refractivity contribution < 1.29 is 38.4 Å². The number of aliphatic hydroxyl groups excluding tert-OH is 1. The van der Waals surface area contributed by atoms with Crippen LogP contribution >= 0.6 is 43.2 Å². The number of hydrogen-bond donors (Lipinski definition) is 5. The average Bonchev–Trinajstić information content (AvgIpc) is 3.43. The summed E-state index contributed by atoms with van der Waals surface area (Å²) in [5, 5.41) is 15.1. The molecule has 1 aromatic rings. The first-order valence-corrected chi connectivity index (χ1v) is 19.3. The van der Waals surface area contributed by atoms with Crippen LogP contribution in [0.25, 0.3) is 0 Å². The van der Waals surface area contributed by atoms with E-state index in [2.05, 4.69) is 22.4 Å². The summed E-state index contributed by atoms with van der Waals surface area (Å²) in [4.78, 5) is 24.2. The van der Waals surface area contributed by atoms with Gasteiger partial charge in [0.2, 0.25) is 13.2 Å². The van der Waals surface area contributed by atoms with Crippen LogP contribution in [-0.2, 0) is 23.7 Å². The van der Waals surface area contributed by atoms with Crippen LogP contribution in [0.2, 0.25) is 0 Å². The van der Waals surface area contributed by atoms with E-state index in [1.807, 2.05) is 12.5 Å². The summed E-state index contributed by atoms with van der Waals surface area (Å²) < 4.78 is 29.0. The highest BCUT2D eigenvalue weighted by atomic mass is 33.1. The summed E-state index contributed by atoms with van der Waals surface area (Å²) in [6, 6.07) is 6.75. The van der Waals surface area contributed by atoms with E-state index in [-0.39, 0.29) is 74.4 Å². The van der Waals surface area contributed by atoms with Crippen LogP contribution in [0.15, 0.2) is 24.3 Å². The number of aliphatic hydroxyl groups is 1. The van der Waals surface area contributed by atoms with Crippen molar-refractivity contribution in [2.24, 2.45) is 11.5 Å². The van der Waals surface area contributed by atoms with Gasteiger partial charge in [0, 0.05) is 31.2 Å². The lowest BCUT2D eigenvalue weighted by molar-refractivity contribution is -0.126. The molecule has 5 atom stereocenters. The van der Waals surface area contributed by atoms with Crippen LogP contribution in [-0.4, -0.2) is 125 Å². The number of hydrogen-bond acceptors (Lipinski definition) is 14. The molecule has 0 aromatic heterocycles. The van der Waals surface area contributed by atoms with Crippen LogP contribution < -0.4 is 26.8 Å². The predicted octanol–water partition coefficient (Wildman–Crippen LogP) is 0.427. The maximum absolute atomic E-state index is 12.1. The molecule has 0 bridgehead atoms. The fraction of sp³-hybridized carbons (Fsp3) is 0.630. The molecular weight excluding hydrogens is 647 g/mol. The van der Waals surface area contributed by atoms with Crippen LogP contribution in [0.3, 0.4) is 0 Å². The van der Waals surface area contributed by atoms with Gasteiger partial charge >= 0.3 is 0 Å². The number of rotatable bonds is 22. The van der Waals surface area contributed by atoms with Crippen molar-refractivity contribution in [2.45, 2.75) is 35.5 Å². The monoisotopic (exact) mass is 690 g/mol. The second-order valence-corrected chi connectivity index (χ2v) is 14.4. The number of benzene rings is 1. The van der Waals surface area contributed by atoms with E-state index >= 15 is 0 Å². The molecule has 0 spiro atoms. The Morgan fingerprint density at radius 1 is 1.18 bits per heavy atom. The molecule has 0 saturated carbocycles. The van der Waals surface area contributed by atoms with Gasteiger partial charge in [-0.05, 0) is 37.1 Å². The first-order valence-electron chi connectivity index (χ1n) is 14.1. The van der Waals surface area contributed by atoms with Crippen molar-refractivity contribution in [1.82, 2.24) is 10.6 Å². The molecule has 246 valence electrons. The Morgan fingerprint density at radius 3 is 2.70 bits per heavy atom. The summed E-state index contributed by atoms with van der Waals surface area (Å²) in [6.45, 7) is 1.87. The number of ether oxygens (including phenoxy) is 5. The van der Waals surface area contributed by atoms with E-state index in [1.54, 1.807) is 56.6 Å². The van der Waals surface area contributed by atoms with Crippen molar-refractivity contribution in [2.75, 3.05) is 71.7 Å². The third-order valence-electron chi connectivity index (χ3n) is 5.89. The Bertz CT molecular complexity index is 1040. The highest BCUT2D eigenvalue weighted by Crippen LogP contribution is 2.30. The largest absolute Gasteiger partial charge is 0.490 e. The average molecular weight is 691 g/mol. The minimum atomic E-state index is -0.403. The lowest BCUT2D eigenvalue weighted by atomic mass is 9.71. The Balaban J connectivity index is 1.61. The molecular formula is C27H43BN4O8S4. The van der Waals surface area contributed by atoms with E-state index in [4.69, 9.17) is 35.2 Å². The van der Waals surface area contributed by atoms with Crippen molar-refractivity contribution in [3.63, 3.8) is 0 Å². The molecule has 1 aromatic carbocycles. The lowest BCUT2D eigenvalue weighted by Crippen LogP contribution is -2.33. The SMILES string of the molecule is CSSC(COc1cccc(C(=O)NCCN)c1)OCCOCC(=O)NCC#CB[C@H]1C[C@@H](O[C@H](CN)SSC)C(CO)O1. The molecule has 0 radical (unpaired) electrons. The topological polar surface area (TPSA) is 177 Å². The maximum atomic E-state index is 12.1. The number of carbonyl (C=O) groups is 2. The molecule has 0 aliphatic carbocycles. The molecule has 1 fully saturated rings. The van der Waals surface area contributed by atoms with Crippen molar-refractivity contribution in [3.05, 3.63) is 29.8 Å². The van der Waals surface area contributed by atoms with Crippen LogP contribution in [0, 0.1) is 11.7 Å². The van der Waals surface area contributed by atoms with Crippen molar-refractivity contribution in [3.8, 4) is 17.5 Å². The van der Waals surface area contributed by atoms with Crippen LogP contribution in [0.4, 0.5) is 0 Å². The third kappa shape index (κ3) is 15.8. The van der Waals surface area contributed by atoms with Crippen LogP contribution in [0.5, 0.6) is 5.75 Å². The Hall–Kier alpha value is -1.30. The third-order valence-corrected chi connectivity index (χ3v) is 9.72. The lowest BCUT2D eigenvalue weighted by Gasteiger charge is -2.22. The first kappa shape index (κ1) is 38.9. The predicted molar refractivity (Wildman–Crippen MR) is 182 cm³/mol. The second-order valence-electron chi connectivity index (χ2n) is 9.15. The van der Waals surface area contributed by atoms with Crippen molar-refractivity contribution >= 4 is 62.3 Å². The van der Waals surface area contributed by atoms with E-state index < -0.39 is 6.10 Å². The Labute approximate surface area is 276 Å². The van der Waals surface area contributed by atoms with Gasteiger partial charge in [-0.15, -0.1) is 0 Å². The minimum absolute atomic E-state index is 0.111. The van der Waals surface area contributed by atoms with Gasteiger partial charge in [-0.2, -0.15) is 5.82 Å². The molecule has 17 heteroatoms. The molecule has 1 aliphatic rings. The molecule has 2 unspecified atom stereocenters. The summed E-state index contributed by atoms with van der Waals surface area (Å²) >= 11 is 0. The van der Waals surface area contributed by atoms with Gasteiger partial charge in [-0.3, -0.25) is 9.59 Å². The number of amides is 2. The quantitative estimate of drug-likeness (QED) is 0.0372. The van der Waals surface area contributed by atoms with Gasteiger partial charge in [0.25, 0.3) is 5.91 Å². The summed E-state index contributed by atoms with van der Waals surface area (Å²) in [5.41, 5.74) is 11.3. The molecule has 1 heterocycles. The van der Waals surface area contributed by atoms with E-state index in [9.17, 15) is 14.7 Å². The van der Waals surface area contributed by atoms with Gasteiger partial charge in [0.1, 0.15) is 35.9 Å². The van der Waals surface area contributed by atoms with E-state index in [0.717, 1.165) is 0 Å². The zero-order valence-electron chi connectivity index (χ0n) is 25.1. The van der Waals surface area contributed by atoms with Gasteiger partial charge in [-0.25, -0.2) is 0 Å². The maximum Gasteiger partial charge on any atom is 0.251 e. The fourth-order valence-electron chi connectivity index (χ4n) is 3.89. The normalized spacial score (nSPS) is 19.0. The molecule has 2 amide bonds. The number of nitrogens with two attached hydrogens (primary N) is 2. The number of nitrogens with one attached hydrogen (secondary N) is 2. The van der Waals surface area contributed by atoms with Crippen LogP contribution in [0.1, 0.15) is 16.8 Å². The highest BCUT2D eigenvalue weighted by Gasteiger charge is 2.37. The van der Waals surface area contributed by atoms with Crippen molar-refractivity contribution in [1.29, 1.82) is 0 Å². The zero-order valence-corrected chi connectivity index (χ0v) is 28.3. The van der Waals surface area contributed by atoms with Gasteiger partial charge in [0.15, 0.2) is 0 Å². The number of carbonyl (C=O) groups excluding carboxylic acids is 2. The Kier molecular flexibility index (Phi) is 21.2. The summed E-state index contributed by atoms with van der Waals surface area (Å²) in [6.07, 6.45) is 3.88. The first-order chi connectivity index (χ1) is 21.4. The fourth-order valence-corrected chi connectivity index (χ4v) is 6.86. The zero-order chi connectivity index (χ0) is 32.0. The Morgan fingerprint density at radius 2 is 1.98 bits per heavy atom. The molecule has 1 aliphatic heterocycles. The standard InChI is InChI=1S/C27H43BN4O8S4/c1-41-43-25(15-30)40-21-14-23(39-22(21)16-33)28-7-4-9-31-24(34)17-36-11-12-37-26(44-42-2)18-38-20-6-3-5-19(13-20)27(35)32-10-8-29/h3,5-6,13,21-23,25-26,28,33H,8-12,14-18,29-30H2,1-2H3,(H,31,34)(H,32,35)/t21-,22?,23-,25+,26?/m1/s1. The minimum Gasteiger partial charge on any atom is -0.490 e. The highest BCUT2D eigenvalue weighted by molar-refractivity contribution is 8.76. The van der Waals surface area contributed by atoms with Gasteiger partial charge in [0.05, 0.1) is 32.5 Å². The summed E-state index contributed by atoms with van der Waals surface area (Å²) in [7, 11) is 6.64. The molecule has 7 N–H and O–H groups in total.